The Morgan fingerprint density at radius 1 is 1.47 bits per heavy atom. The lowest BCUT2D eigenvalue weighted by Gasteiger charge is -2.38. The zero-order valence-corrected chi connectivity index (χ0v) is 11.5. The van der Waals surface area contributed by atoms with Gasteiger partial charge in [0.05, 0.1) is 11.6 Å². The summed E-state index contributed by atoms with van der Waals surface area (Å²) in [5, 5.41) is 3.22. The van der Waals surface area contributed by atoms with Crippen LogP contribution in [-0.2, 0) is 0 Å². The molecular formula is C13H17BrN2O. The van der Waals surface area contributed by atoms with Crippen LogP contribution in [0.25, 0.3) is 0 Å². The van der Waals surface area contributed by atoms with Crippen molar-refractivity contribution in [3.63, 3.8) is 0 Å². The molecule has 1 amide bonds. The van der Waals surface area contributed by atoms with Gasteiger partial charge in [0, 0.05) is 24.1 Å². The van der Waals surface area contributed by atoms with E-state index in [4.69, 9.17) is 0 Å². The van der Waals surface area contributed by atoms with E-state index in [0.29, 0.717) is 6.04 Å². The summed E-state index contributed by atoms with van der Waals surface area (Å²) in [6, 6.07) is 7.98. The molecule has 1 aliphatic heterocycles. The lowest BCUT2D eigenvalue weighted by Crippen LogP contribution is -2.59. The lowest BCUT2D eigenvalue weighted by atomic mass is 10.1. The Bertz CT molecular complexity index is 404. The van der Waals surface area contributed by atoms with E-state index in [2.05, 4.69) is 28.2 Å². The molecule has 1 saturated heterocycles. The third-order valence-electron chi connectivity index (χ3n) is 3.03. The number of hydrogen-bond donors (Lipinski definition) is 1. The van der Waals surface area contributed by atoms with Crippen LogP contribution in [0.1, 0.15) is 23.7 Å². The van der Waals surface area contributed by atoms with Crippen molar-refractivity contribution < 1.29 is 4.79 Å². The normalized spacial score (nSPS) is 15.4. The van der Waals surface area contributed by atoms with Crippen LogP contribution in [0.2, 0.25) is 0 Å². The highest BCUT2D eigenvalue weighted by atomic mass is 79.9. The molecule has 0 bridgehead atoms. The van der Waals surface area contributed by atoms with E-state index >= 15 is 0 Å². The minimum absolute atomic E-state index is 0.130. The van der Waals surface area contributed by atoms with Gasteiger partial charge in [0.15, 0.2) is 0 Å². The molecule has 0 radical (unpaired) electrons. The van der Waals surface area contributed by atoms with E-state index in [-0.39, 0.29) is 5.91 Å². The molecule has 1 aromatic carbocycles. The van der Waals surface area contributed by atoms with Crippen molar-refractivity contribution in [3.8, 4) is 0 Å². The molecule has 17 heavy (non-hydrogen) atoms. The number of nitrogens with one attached hydrogen (secondary N) is 1. The molecule has 0 aliphatic carbocycles. The monoisotopic (exact) mass is 296 g/mol. The SMILES string of the molecule is CCCN(C(=O)c1ccccc1Br)C1CNC1. The van der Waals surface area contributed by atoms with Gasteiger partial charge >= 0.3 is 0 Å². The van der Waals surface area contributed by atoms with E-state index in [9.17, 15) is 4.79 Å². The van der Waals surface area contributed by atoms with Gasteiger partial charge in [-0.1, -0.05) is 19.1 Å². The standard InChI is InChI=1S/C13H17BrN2O/c1-2-7-16(10-8-15-9-10)13(17)11-5-3-4-6-12(11)14/h3-6,10,15H,2,7-9H2,1H3. The fourth-order valence-electron chi connectivity index (χ4n) is 1.97. The van der Waals surface area contributed by atoms with Crippen LogP contribution in [-0.4, -0.2) is 36.5 Å². The summed E-state index contributed by atoms with van der Waals surface area (Å²) in [5.74, 6) is 0.130. The predicted octanol–water partition coefficient (Wildman–Crippen LogP) is 2.27. The number of hydrogen-bond acceptors (Lipinski definition) is 2. The Balaban J connectivity index is 2.18. The Labute approximate surface area is 110 Å². The van der Waals surface area contributed by atoms with Crippen LogP contribution in [0.5, 0.6) is 0 Å². The average Bonchev–Trinajstić information content (AvgIpc) is 2.26. The lowest BCUT2D eigenvalue weighted by molar-refractivity contribution is 0.0615. The van der Waals surface area contributed by atoms with Crippen molar-refractivity contribution in [2.75, 3.05) is 19.6 Å². The van der Waals surface area contributed by atoms with Gasteiger partial charge in [-0.2, -0.15) is 0 Å². The van der Waals surface area contributed by atoms with Gasteiger partial charge in [0.1, 0.15) is 0 Å². The Hall–Kier alpha value is -0.870. The molecule has 3 nitrogen and oxygen atoms in total. The van der Waals surface area contributed by atoms with Crippen LogP contribution in [0.4, 0.5) is 0 Å². The van der Waals surface area contributed by atoms with Crippen molar-refractivity contribution >= 4 is 21.8 Å². The number of halogens is 1. The molecule has 0 aromatic heterocycles. The van der Waals surface area contributed by atoms with Crippen molar-refractivity contribution in [1.29, 1.82) is 0 Å². The van der Waals surface area contributed by atoms with Gasteiger partial charge in [0.2, 0.25) is 0 Å². The Morgan fingerprint density at radius 3 is 2.71 bits per heavy atom. The largest absolute Gasteiger partial charge is 0.333 e. The number of carbonyl (C=O) groups is 1. The number of nitrogens with zero attached hydrogens (tertiary/aromatic N) is 1. The molecule has 0 spiro atoms. The van der Waals surface area contributed by atoms with Gasteiger partial charge in [-0.05, 0) is 34.5 Å². The zero-order valence-electron chi connectivity index (χ0n) is 9.95. The fourth-order valence-corrected chi connectivity index (χ4v) is 2.43. The van der Waals surface area contributed by atoms with E-state index in [0.717, 1.165) is 36.1 Å². The number of amides is 1. The smallest absolute Gasteiger partial charge is 0.255 e. The molecule has 1 N–H and O–H groups in total. The maximum absolute atomic E-state index is 12.5. The summed E-state index contributed by atoms with van der Waals surface area (Å²) >= 11 is 3.44. The molecule has 1 aromatic rings. The van der Waals surface area contributed by atoms with Crippen LogP contribution in [0, 0.1) is 0 Å². The first kappa shape index (κ1) is 12.6. The second-order valence-electron chi connectivity index (χ2n) is 4.29. The highest BCUT2D eigenvalue weighted by Crippen LogP contribution is 2.20. The molecule has 92 valence electrons. The van der Waals surface area contributed by atoms with Crippen molar-refractivity contribution in [2.45, 2.75) is 19.4 Å². The summed E-state index contributed by atoms with van der Waals surface area (Å²) < 4.78 is 0.874. The zero-order chi connectivity index (χ0) is 12.3. The van der Waals surface area contributed by atoms with Gasteiger partial charge in [-0.3, -0.25) is 4.79 Å². The van der Waals surface area contributed by atoms with E-state index in [1.54, 1.807) is 0 Å². The predicted molar refractivity (Wildman–Crippen MR) is 72.1 cm³/mol. The third-order valence-corrected chi connectivity index (χ3v) is 3.72. The molecule has 4 heteroatoms. The molecule has 1 fully saturated rings. The third kappa shape index (κ3) is 2.69. The van der Waals surface area contributed by atoms with Crippen LogP contribution in [0.15, 0.2) is 28.7 Å². The number of benzene rings is 1. The van der Waals surface area contributed by atoms with Crippen LogP contribution >= 0.6 is 15.9 Å². The second-order valence-corrected chi connectivity index (χ2v) is 5.14. The van der Waals surface area contributed by atoms with E-state index < -0.39 is 0 Å². The summed E-state index contributed by atoms with van der Waals surface area (Å²) in [4.78, 5) is 14.4. The molecular weight excluding hydrogens is 280 g/mol. The fraction of sp³-hybridized carbons (Fsp3) is 0.462. The maximum Gasteiger partial charge on any atom is 0.255 e. The quantitative estimate of drug-likeness (QED) is 0.924. The molecule has 2 rings (SSSR count). The highest BCUT2D eigenvalue weighted by Gasteiger charge is 2.29. The topological polar surface area (TPSA) is 32.3 Å². The van der Waals surface area contributed by atoms with E-state index in [1.165, 1.54) is 0 Å². The molecule has 1 aliphatic rings. The van der Waals surface area contributed by atoms with Gasteiger partial charge < -0.3 is 10.2 Å². The first-order valence-electron chi connectivity index (χ1n) is 6.00. The number of rotatable bonds is 4. The molecule has 0 unspecified atom stereocenters. The second kappa shape index (κ2) is 5.65. The summed E-state index contributed by atoms with van der Waals surface area (Å²) in [6.45, 7) is 4.76. The van der Waals surface area contributed by atoms with Crippen molar-refractivity contribution in [2.24, 2.45) is 0 Å². The maximum atomic E-state index is 12.5. The van der Waals surface area contributed by atoms with Gasteiger partial charge in [-0.25, -0.2) is 0 Å². The first-order chi connectivity index (χ1) is 8.24. The average molecular weight is 297 g/mol. The highest BCUT2D eigenvalue weighted by molar-refractivity contribution is 9.10. The minimum Gasteiger partial charge on any atom is -0.333 e. The summed E-state index contributed by atoms with van der Waals surface area (Å²) in [5.41, 5.74) is 0.757. The van der Waals surface area contributed by atoms with E-state index in [1.807, 2.05) is 29.2 Å². The summed E-state index contributed by atoms with van der Waals surface area (Å²) in [7, 11) is 0. The van der Waals surface area contributed by atoms with Crippen LogP contribution in [0.3, 0.4) is 0 Å². The summed E-state index contributed by atoms with van der Waals surface area (Å²) in [6.07, 6.45) is 0.993. The first-order valence-corrected chi connectivity index (χ1v) is 6.79. The van der Waals surface area contributed by atoms with Gasteiger partial charge in [-0.15, -0.1) is 0 Å². The van der Waals surface area contributed by atoms with Crippen molar-refractivity contribution in [1.82, 2.24) is 10.2 Å². The number of carbonyl (C=O) groups excluding carboxylic acids is 1. The molecule has 1 heterocycles. The Kier molecular flexibility index (Phi) is 4.18. The van der Waals surface area contributed by atoms with Crippen LogP contribution < -0.4 is 5.32 Å². The minimum atomic E-state index is 0.130. The molecule has 0 saturated carbocycles. The van der Waals surface area contributed by atoms with Gasteiger partial charge in [0.25, 0.3) is 5.91 Å². The Morgan fingerprint density at radius 2 is 2.18 bits per heavy atom. The molecule has 0 atom stereocenters. The van der Waals surface area contributed by atoms with Crippen molar-refractivity contribution in [3.05, 3.63) is 34.3 Å².